The number of hydrogen-bond donors (Lipinski definition) is 0. The van der Waals surface area contributed by atoms with Crippen LogP contribution < -0.4 is 0 Å². The van der Waals surface area contributed by atoms with Crippen molar-refractivity contribution in [2.24, 2.45) is 0 Å². The van der Waals surface area contributed by atoms with E-state index in [0.717, 1.165) is 6.54 Å². The number of rotatable bonds is 17. The molecule has 0 amide bonds. The predicted molar refractivity (Wildman–Crippen MR) is 203 cm³/mol. The normalized spacial score (nSPS) is 35.4. The van der Waals surface area contributed by atoms with Crippen molar-refractivity contribution in [1.82, 2.24) is 32.9 Å². The van der Waals surface area contributed by atoms with E-state index in [-0.39, 0.29) is 69.5 Å². The van der Waals surface area contributed by atoms with Crippen molar-refractivity contribution in [1.29, 1.82) is 0 Å². The molecule has 4 rings (SSSR count). The van der Waals surface area contributed by atoms with Crippen LogP contribution in [0, 0.1) is 0 Å². The Hall–Kier alpha value is 0.0900. The van der Waals surface area contributed by atoms with Crippen LogP contribution in [0.2, 0.25) is 0 Å². The molecule has 0 aliphatic carbocycles. The van der Waals surface area contributed by atoms with Gasteiger partial charge in [0.15, 0.2) is 0 Å². The van der Waals surface area contributed by atoms with Crippen molar-refractivity contribution in [2.45, 2.75) is 76.5 Å². The molecule has 0 aromatic rings. The molecule has 4 aliphatic rings. The van der Waals surface area contributed by atoms with E-state index in [9.17, 15) is 13.7 Å². The maximum Gasteiger partial charge on any atom is 0.345 e. The maximum absolute atomic E-state index is 14.8. The zero-order valence-corrected chi connectivity index (χ0v) is 36.8. The molecular weight excluding hydrogens is 751 g/mol. The summed E-state index contributed by atoms with van der Waals surface area (Å²) in [5.41, 5.74) is 0. The van der Waals surface area contributed by atoms with E-state index < -0.39 is 35.2 Å². The average molecular weight is 820 g/mol. The summed E-state index contributed by atoms with van der Waals surface area (Å²) in [5, 5.41) is 0. The van der Waals surface area contributed by atoms with Crippen molar-refractivity contribution < 1.29 is 51.0 Å². The number of nitrogens with zero attached hydrogens (tertiary/aromatic N) is 7. The lowest BCUT2D eigenvalue weighted by Gasteiger charge is -2.45. The van der Waals surface area contributed by atoms with Crippen LogP contribution in [0.4, 0.5) is 0 Å². The zero-order chi connectivity index (χ0) is 39.3. The van der Waals surface area contributed by atoms with Gasteiger partial charge in [0, 0.05) is 59.5 Å². The van der Waals surface area contributed by atoms with Gasteiger partial charge >= 0.3 is 23.0 Å². The SMILES string of the molecule is COCC1CN(P(=O)(OCC2CN(P(=O)(OCC3CN(P(=O)(OCC4CN(C)CC(C)O4)N(C)C)CC(C)O3)N(C)C)CC(C)O2)N(C)C)CC(C)O1. The van der Waals surface area contributed by atoms with Gasteiger partial charge in [0.25, 0.3) is 0 Å². The van der Waals surface area contributed by atoms with Gasteiger partial charge in [-0.2, -0.15) is 0 Å². The van der Waals surface area contributed by atoms with Gasteiger partial charge in [-0.05, 0) is 77.0 Å². The Labute approximate surface area is 318 Å². The van der Waals surface area contributed by atoms with Crippen LogP contribution in [0.5, 0.6) is 0 Å². The summed E-state index contributed by atoms with van der Waals surface area (Å²) >= 11 is 0. The molecule has 0 aromatic carbocycles. The fourth-order valence-electron chi connectivity index (χ4n) is 7.40. The van der Waals surface area contributed by atoms with Crippen LogP contribution >= 0.6 is 23.0 Å². The van der Waals surface area contributed by atoms with Crippen molar-refractivity contribution in [3.8, 4) is 0 Å². The highest BCUT2D eigenvalue weighted by atomic mass is 31.2. The second-order valence-corrected chi connectivity index (χ2v) is 23.3. The van der Waals surface area contributed by atoms with Crippen molar-refractivity contribution in [2.75, 3.05) is 135 Å². The average Bonchev–Trinajstić information content (AvgIpc) is 3.07. The van der Waals surface area contributed by atoms with Gasteiger partial charge in [-0.1, -0.05) is 0 Å². The van der Waals surface area contributed by atoms with E-state index in [2.05, 4.69) is 4.90 Å². The third kappa shape index (κ3) is 11.8. The highest BCUT2D eigenvalue weighted by Gasteiger charge is 2.46. The summed E-state index contributed by atoms with van der Waals surface area (Å²) in [6.45, 7) is 12.0. The van der Waals surface area contributed by atoms with Crippen LogP contribution in [-0.4, -0.2) is 217 Å². The van der Waals surface area contributed by atoms with Crippen molar-refractivity contribution >= 4 is 23.0 Å². The van der Waals surface area contributed by atoms with Crippen LogP contribution in [0.1, 0.15) is 27.7 Å². The molecule has 0 N–H and O–H groups in total. The fourth-order valence-corrected chi connectivity index (χ4v) is 13.7. The van der Waals surface area contributed by atoms with Gasteiger partial charge < -0.3 is 42.2 Å². The standard InChI is InChI=1S/C32H68N7O11P3/c1-25-13-36(11)17-29(47-25)22-44-52(41,34(7)8)38-15-27(3)49-31(19-38)24-46-53(42,35(9)10)39-16-28(4)50-32(20-39)23-45-51(40,33(5)6)37-14-26(2)48-30(18-37)21-43-12/h25-32H,13-24H2,1-12H3. The molecule has 11 atom stereocenters. The molecular formula is C32H68N7O11P3. The van der Waals surface area contributed by atoms with Gasteiger partial charge in [-0.3, -0.25) is 13.7 Å². The molecule has 4 heterocycles. The third-order valence-electron chi connectivity index (χ3n) is 9.66. The van der Waals surface area contributed by atoms with E-state index in [1.165, 1.54) is 0 Å². The van der Waals surface area contributed by atoms with Crippen LogP contribution in [0.25, 0.3) is 0 Å². The summed E-state index contributed by atoms with van der Waals surface area (Å²) < 4.78 is 103. The molecule has 0 bridgehead atoms. The Morgan fingerprint density at radius 2 is 0.774 bits per heavy atom. The summed E-state index contributed by atoms with van der Waals surface area (Å²) in [6.07, 6.45) is -2.17. The smallest absolute Gasteiger partial charge is 0.345 e. The number of methoxy groups -OCH3 is 1. The molecule has 4 aliphatic heterocycles. The zero-order valence-electron chi connectivity index (χ0n) is 34.1. The summed E-state index contributed by atoms with van der Waals surface area (Å²) in [6, 6.07) is 0. The highest BCUT2D eigenvalue weighted by molar-refractivity contribution is 7.54. The lowest BCUT2D eigenvalue weighted by atomic mass is 10.2. The van der Waals surface area contributed by atoms with E-state index in [0.29, 0.717) is 39.3 Å². The Morgan fingerprint density at radius 3 is 1.06 bits per heavy atom. The molecule has 4 fully saturated rings. The van der Waals surface area contributed by atoms with Crippen LogP contribution in [0.3, 0.4) is 0 Å². The van der Waals surface area contributed by atoms with Gasteiger partial charge in [-0.25, -0.2) is 28.0 Å². The molecule has 0 spiro atoms. The first-order valence-electron chi connectivity index (χ1n) is 18.6. The summed E-state index contributed by atoms with van der Waals surface area (Å²) in [4.78, 5) is 2.19. The molecule has 4 saturated heterocycles. The van der Waals surface area contributed by atoms with E-state index in [4.69, 9.17) is 37.3 Å². The van der Waals surface area contributed by atoms with E-state index >= 15 is 0 Å². The van der Waals surface area contributed by atoms with Gasteiger partial charge in [0.05, 0.1) is 75.3 Å². The number of ether oxygens (including phenoxy) is 5. The quantitative estimate of drug-likeness (QED) is 0.198. The number of likely N-dealkylation sites (N-methyl/N-ethyl adjacent to an activating group) is 1. The Bertz CT molecular complexity index is 1300. The van der Waals surface area contributed by atoms with Crippen molar-refractivity contribution in [3.63, 3.8) is 0 Å². The Morgan fingerprint density at radius 1 is 0.491 bits per heavy atom. The minimum Gasteiger partial charge on any atom is -0.382 e. The lowest BCUT2D eigenvalue weighted by Crippen LogP contribution is -2.51. The Kier molecular flexibility index (Phi) is 17.0. The van der Waals surface area contributed by atoms with Crippen LogP contribution in [-0.2, 0) is 51.0 Å². The largest absolute Gasteiger partial charge is 0.382 e. The molecule has 0 radical (unpaired) electrons. The first kappa shape index (κ1) is 45.8. The van der Waals surface area contributed by atoms with E-state index in [1.54, 1.807) is 68.1 Å². The third-order valence-corrected chi connectivity index (χ3v) is 17.3. The van der Waals surface area contributed by atoms with Gasteiger partial charge in [0.1, 0.15) is 0 Å². The van der Waals surface area contributed by atoms with Gasteiger partial charge in [0.2, 0.25) is 0 Å². The first-order valence-corrected chi connectivity index (χ1v) is 23.2. The summed E-state index contributed by atoms with van der Waals surface area (Å²) in [5.74, 6) is 0. The first-order chi connectivity index (χ1) is 24.8. The minimum atomic E-state index is -3.60. The molecule has 312 valence electrons. The number of hydrogen-bond acceptors (Lipinski definition) is 12. The van der Waals surface area contributed by atoms with Crippen LogP contribution in [0.15, 0.2) is 0 Å². The predicted octanol–water partition coefficient (Wildman–Crippen LogP) is 2.68. The summed E-state index contributed by atoms with van der Waals surface area (Å²) in [7, 11) is 3.55. The highest BCUT2D eigenvalue weighted by Crippen LogP contribution is 2.57. The molecule has 53 heavy (non-hydrogen) atoms. The lowest BCUT2D eigenvalue weighted by molar-refractivity contribution is -0.0958. The fraction of sp³-hybridized carbons (Fsp3) is 1.00. The minimum absolute atomic E-state index is 0.00162. The molecule has 21 heteroatoms. The molecule has 18 nitrogen and oxygen atoms in total. The van der Waals surface area contributed by atoms with E-state index in [1.807, 2.05) is 44.1 Å². The van der Waals surface area contributed by atoms with Gasteiger partial charge in [-0.15, -0.1) is 0 Å². The topological polar surface area (TPSA) is 148 Å². The second kappa shape index (κ2) is 19.7. The monoisotopic (exact) mass is 819 g/mol. The second-order valence-electron chi connectivity index (χ2n) is 15.5. The van der Waals surface area contributed by atoms with Crippen molar-refractivity contribution in [3.05, 3.63) is 0 Å². The maximum atomic E-state index is 14.8. The Balaban J connectivity index is 1.41. The molecule has 0 aromatic heterocycles. The molecule has 0 saturated carbocycles. The number of morpholine rings is 4. The molecule has 11 unspecified atom stereocenters.